The second-order valence-electron chi connectivity index (χ2n) is 3.50. The Morgan fingerprint density at radius 3 is 2.80 bits per heavy atom. The summed E-state index contributed by atoms with van der Waals surface area (Å²) in [6, 6.07) is 1.65. The van der Waals surface area contributed by atoms with Crippen LogP contribution in [0.1, 0.15) is 13.3 Å². The van der Waals surface area contributed by atoms with Gasteiger partial charge in [-0.2, -0.15) is 0 Å². The average molecular weight is 269 g/mol. The van der Waals surface area contributed by atoms with Gasteiger partial charge < -0.3 is 0 Å². The third-order valence-corrected chi connectivity index (χ3v) is 2.98. The lowest BCUT2D eigenvalue weighted by Gasteiger charge is -2.15. The summed E-state index contributed by atoms with van der Waals surface area (Å²) in [7, 11) is 0. The third-order valence-electron chi connectivity index (χ3n) is 2.36. The van der Waals surface area contributed by atoms with Gasteiger partial charge in [-0.3, -0.25) is 14.6 Å². The number of anilines is 1. The van der Waals surface area contributed by atoms with Crippen molar-refractivity contribution in [2.45, 2.75) is 13.3 Å². The van der Waals surface area contributed by atoms with E-state index in [0.29, 0.717) is 10.2 Å². The maximum absolute atomic E-state index is 11.7. The molecule has 1 aromatic rings. The quantitative estimate of drug-likeness (QED) is 0.730. The highest BCUT2D eigenvalue weighted by Crippen LogP contribution is 2.31. The Hall–Kier alpha value is -1.23. The molecule has 0 aromatic carbocycles. The average Bonchev–Trinajstić information content (AvgIpc) is 2.43. The van der Waals surface area contributed by atoms with E-state index in [4.69, 9.17) is 0 Å². The van der Waals surface area contributed by atoms with Crippen LogP contribution in [0.4, 0.5) is 5.69 Å². The molecule has 0 N–H and O–H groups in total. The zero-order chi connectivity index (χ0) is 11.0. The number of halogens is 1. The van der Waals surface area contributed by atoms with E-state index in [-0.39, 0.29) is 24.2 Å². The van der Waals surface area contributed by atoms with Crippen LogP contribution < -0.4 is 4.90 Å². The largest absolute Gasteiger partial charge is 0.274 e. The molecule has 1 fully saturated rings. The van der Waals surface area contributed by atoms with E-state index in [1.54, 1.807) is 25.4 Å². The molecule has 0 bridgehead atoms. The summed E-state index contributed by atoms with van der Waals surface area (Å²) in [5.74, 6) is -0.524. The summed E-state index contributed by atoms with van der Waals surface area (Å²) in [4.78, 5) is 28.5. The third kappa shape index (κ3) is 1.67. The Morgan fingerprint density at radius 1 is 1.53 bits per heavy atom. The molecule has 2 heterocycles. The number of amides is 2. The molecule has 0 aliphatic carbocycles. The molecule has 1 saturated heterocycles. The molecule has 1 atom stereocenters. The topological polar surface area (TPSA) is 50.3 Å². The minimum atomic E-state index is -0.224. The number of carbonyl (C=O) groups excluding carboxylic acids is 2. The number of hydrogen-bond acceptors (Lipinski definition) is 3. The van der Waals surface area contributed by atoms with Crippen molar-refractivity contribution in [2.75, 3.05) is 4.90 Å². The van der Waals surface area contributed by atoms with Crippen LogP contribution in [0.15, 0.2) is 22.9 Å². The molecular weight excluding hydrogens is 260 g/mol. The van der Waals surface area contributed by atoms with Crippen molar-refractivity contribution in [1.82, 2.24) is 4.98 Å². The fourth-order valence-corrected chi connectivity index (χ4v) is 2.01. The fraction of sp³-hybridized carbons (Fsp3) is 0.300. The maximum atomic E-state index is 11.7. The second-order valence-corrected chi connectivity index (χ2v) is 4.35. The number of aromatic nitrogens is 1. The van der Waals surface area contributed by atoms with Gasteiger partial charge in [0, 0.05) is 24.7 Å². The van der Waals surface area contributed by atoms with Crippen LogP contribution in [0.2, 0.25) is 0 Å². The van der Waals surface area contributed by atoms with Crippen molar-refractivity contribution in [3.63, 3.8) is 0 Å². The van der Waals surface area contributed by atoms with E-state index < -0.39 is 0 Å². The van der Waals surface area contributed by atoms with E-state index in [2.05, 4.69) is 20.9 Å². The first-order valence-electron chi connectivity index (χ1n) is 4.57. The molecule has 2 rings (SSSR count). The van der Waals surface area contributed by atoms with E-state index in [0.717, 1.165) is 0 Å². The van der Waals surface area contributed by atoms with Gasteiger partial charge in [-0.1, -0.05) is 6.92 Å². The second kappa shape index (κ2) is 3.73. The van der Waals surface area contributed by atoms with Crippen molar-refractivity contribution in [2.24, 2.45) is 5.92 Å². The first-order valence-corrected chi connectivity index (χ1v) is 5.37. The number of imide groups is 1. The molecular formula is C10H9BrN2O2. The van der Waals surface area contributed by atoms with Crippen molar-refractivity contribution in [3.8, 4) is 0 Å². The van der Waals surface area contributed by atoms with Crippen LogP contribution in [-0.2, 0) is 9.59 Å². The lowest BCUT2D eigenvalue weighted by atomic mass is 10.1. The molecule has 2 amide bonds. The van der Waals surface area contributed by atoms with Crippen LogP contribution in [0, 0.1) is 5.92 Å². The molecule has 1 aliphatic heterocycles. The van der Waals surface area contributed by atoms with Gasteiger partial charge in [0.1, 0.15) is 0 Å². The molecule has 4 nitrogen and oxygen atoms in total. The molecule has 78 valence electrons. The SMILES string of the molecule is CC1CC(=O)N(c2ccncc2Br)C1=O. The number of hydrogen-bond donors (Lipinski definition) is 0. The summed E-state index contributed by atoms with van der Waals surface area (Å²) < 4.78 is 0.654. The molecule has 0 spiro atoms. The Labute approximate surface area is 95.4 Å². The minimum Gasteiger partial charge on any atom is -0.274 e. The summed E-state index contributed by atoms with van der Waals surface area (Å²) in [6.45, 7) is 1.76. The normalized spacial score (nSPS) is 21.2. The van der Waals surface area contributed by atoms with Crippen molar-refractivity contribution in [1.29, 1.82) is 0 Å². The van der Waals surface area contributed by atoms with E-state index in [9.17, 15) is 9.59 Å². The first kappa shape index (κ1) is 10.3. The maximum Gasteiger partial charge on any atom is 0.237 e. The number of pyridine rings is 1. The van der Waals surface area contributed by atoms with Crippen molar-refractivity contribution in [3.05, 3.63) is 22.9 Å². The van der Waals surface area contributed by atoms with E-state index in [1.165, 1.54) is 4.90 Å². The Balaban J connectivity index is 2.44. The van der Waals surface area contributed by atoms with Crippen molar-refractivity contribution < 1.29 is 9.59 Å². The minimum absolute atomic E-state index is 0.146. The molecule has 5 heteroatoms. The highest BCUT2D eigenvalue weighted by atomic mass is 79.9. The zero-order valence-electron chi connectivity index (χ0n) is 8.11. The first-order chi connectivity index (χ1) is 7.11. The van der Waals surface area contributed by atoms with Gasteiger partial charge in [-0.05, 0) is 22.0 Å². The zero-order valence-corrected chi connectivity index (χ0v) is 9.69. The molecule has 0 radical (unpaired) electrons. The van der Waals surface area contributed by atoms with Crippen molar-refractivity contribution >= 4 is 33.4 Å². The van der Waals surface area contributed by atoms with Gasteiger partial charge in [-0.15, -0.1) is 0 Å². The smallest absolute Gasteiger partial charge is 0.237 e. The van der Waals surface area contributed by atoms with Gasteiger partial charge in [0.15, 0.2) is 0 Å². The van der Waals surface area contributed by atoms with Crippen LogP contribution in [0.5, 0.6) is 0 Å². The summed E-state index contributed by atoms with van der Waals surface area (Å²) >= 11 is 3.27. The number of nitrogens with zero attached hydrogens (tertiary/aromatic N) is 2. The van der Waals surface area contributed by atoms with Crippen LogP contribution in [0.3, 0.4) is 0 Å². The van der Waals surface area contributed by atoms with Gasteiger partial charge in [0.25, 0.3) is 0 Å². The van der Waals surface area contributed by atoms with Crippen LogP contribution >= 0.6 is 15.9 Å². The predicted molar refractivity (Wildman–Crippen MR) is 58.2 cm³/mol. The lowest BCUT2D eigenvalue weighted by molar-refractivity contribution is -0.122. The standard InChI is InChI=1S/C10H9BrN2O2/c1-6-4-9(14)13(10(6)15)8-2-3-12-5-7(8)11/h2-3,5-6H,4H2,1H3. The van der Waals surface area contributed by atoms with Crippen LogP contribution in [-0.4, -0.2) is 16.8 Å². The molecule has 15 heavy (non-hydrogen) atoms. The fourth-order valence-electron chi connectivity index (χ4n) is 1.59. The number of carbonyl (C=O) groups is 2. The highest BCUT2D eigenvalue weighted by molar-refractivity contribution is 9.10. The monoisotopic (exact) mass is 268 g/mol. The molecule has 1 aliphatic rings. The molecule has 1 unspecified atom stereocenters. The Morgan fingerprint density at radius 2 is 2.27 bits per heavy atom. The van der Waals surface area contributed by atoms with E-state index >= 15 is 0 Å². The predicted octanol–water partition coefficient (Wildman–Crippen LogP) is 1.74. The Kier molecular flexibility index (Phi) is 2.56. The molecule has 0 saturated carbocycles. The highest BCUT2D eigenvalue weighted by Gasteiger charge is 2.37. The van der Waals surface area contributed by atoms with Crippen LogP contribution in [0.25, 0.3) is 0 Å². The number of rotatable bonds is 1. The van der Waals surface area contributed by atoms with Gasteiger partial charge in [-0.25, -0.2) is 4.90 Å². The van der Waals surface area contributed by atoms with E-state index in [1.807, 2.05) is 0 Å². The summed E-state index contributed by atoms with van der Waals surface area (Å²) in [6.07, 6.45) is 3.41. The Bertz CT molecular complexity index is 433. The van der Waals surface area contributed by atoms with Gasteiger partial charge in [0.05, 0.1) is 10.2 Å². The lowest BCUT2D eigenvalue weighted by Crippen LogP contribution is -2.30. The van der Waals surface area contributed by atoms with Gasteiger partial charge >= 0.3 is 0 Å². The summed E-state index contributed by atoms with van der Waals surface area (Å²) in [5, 5.41) is 0. The summed E-state index contributed by atoms with van der Waals surface area (Å²) in [5.41, 5.74) is 0.573. The molecule has 1 aromatic heterocycles. The van der Waals surface area contributed by atoms with Gasteiger partial charge in [0.2, 0.25) is 11.8 Å².